The van der Waals surface area contributed by atoms with E-state index < -0.39 is 12.0 Å². The Hall–Kier alpha value is -2.31. The third-order valence-corrected chi connectivity index (χ3v) is 4.47. The molecule has 0 aromatic heterocycles. The van der Waals surface area contributed by atoms with Gasteiger partial charge in [-0.3, -0.25) is 0 Å². The second-order valence-electron chi connectivity index (χ2n) is 5.03. The highest BCUT2D eigenvalue weighted by Gasteiger charge is 2.32. The summed E-state index contributed by atoms with van der Waals surface area (Å²) in [6, 6.07) is 4.78. The van der Waals surface area contributed by atoms with Crippen molar-refractivity contribution in [1.82, 2.24) is 10.6 Å². The number of methoxy groups -OCH3 is 2. The summed E-state index contributed by atoms with van der Waals surface area (Å²) in [6.07, 6.45) is 0. The predicted molar refractivity (Wildman–Crippen MR) is 98.1 cm³/mol. The minimum absolute atomic E-state index is 0.107. The fourth-order valence-corrected chi connectivity index (χ4v) is 3.28. The Morgan fingerprint density at radius 3 is 2.72 bits per heavy atom. The van der Waals surface area contributed by atoms with Gasteiger partial charge >= 0.3 is 5.97 Å². The van der Waals surface area contributed by atoms with Crippen molar-refractivity contribution in [2.24, 2.45) is 0 Å². The molecule has 2 rings (SSSR count). The first kappa shape index (κ1) is 19.0. The molecule has 1 aliphatic heterocycles. The van der Waals surface area contributed by atoms with E-state index in [1.165, 1.54) is 14.2 Å². The number of allylic oxidation sites excluding steroid dienone is 1. The normalized spacial score (nSPS) is 16.4. The lowest BCUT2D eigenvalue weighted by atomic mass is 9.95. The maximum atomic E-state index is 12.2. The number of esters is 1. The van der Waals surface area contributed by atoms with Gasteiger partial charge in [-0.2, -0.15) is 5.26 Å². The summed E-state index contributed by atoms with van der Waals surface area (Å²) in [6.45, 7) is 1.65. The number of thiocarbonyl (C=S) groups is 1. The molecule has 0 spiro atoms. The SMILES string of the molecule is COC(=O)C1=C(C)NC(=S)N[C@H]1c1cc(OC)c(OCC#N)cc1Br. The molecule has 0 unspecified atom stereocenters. The molecule has 9 heteroatoms. The molecule has 2 N–H and O–H groups in total. The van der Waals surface area contributed by atoms with E-state index in [1.807, 2.05) is 6.07 Å². The predicted octanol–water partition coefficient (Wildman–Crippen LogP) is 2.33. The van der Waals surface area contributed by atoms with Crippen LogP contribution in [-0.2, 0) is 9.53 Å². The summed E-state index contributed by atoms with van der Waals surface area (Å²) >= 11 is 8.69. The molecular formula is C16H16BrN3O4S. The van der Waals surface area contributed by atoms with Crippen molar-refractivity contribution in [3.05, 3.63) is 33.4 Å². The number of nitrogens with one attached hydrogen (secondary N) is 2. The maximum absolute atomic E-state index is 12.2. The van der Waals surface area contributed by atoms with Crippen LogP contribution in [0.3, 0.4) is 0 Å². The monoisotopic (exact) mass is 425 g/mol. The third kappa shape index (κ3) is 4.03. The Bertz CT molecular complexity index is 788. The number of carbonyl (C=O) groups is 1. The van der Waals surface area contributed by atoms with Gasteiger partial charge in [0.2, 0.25) is 0 Å². The molecule has 1 heterocycles. The van der Waals surface area contributed by atoms with Gasteiger partial charge in [0, 0.05) is 10.2 Å². The summed E-state index contributed by atoms with van der Waals surface area (Å²) in [5, 5.41) is 15.1. The first-order valence-electron chi connectivity index (χ1n) is 7.16. The zero-order valence-corrected chi connectivity index (χ0v) is 16.2. The minimum Gasteiger partial charge on any atom is -0.493 e. The van der Waals surface area contributed by atoms with Gasteiger partial charge in [0.15, 0.2) is 23.2 Å². The molecule has 0 radical (unpaired) electrons. The lowest BCUT2D eigenvalue weighted by Gasteiger charge is -2.30. The number of halogens is 1. The van der Waals surface area contributed by atoms with Crippen molar-refractivity contribution in [3.63, 3.8) is 0 Å². The minimum atomic E-state index is -0.533. The van der Waals surface area contributed by atoms with Crippen molar-refractivity contribution in [1.29, 1.82) is 5.26 Å². The van der Waals surface area contributed by atoms with E-state index in [0.717, 1.165) is 0 Å². The van der Waals surface area contributed by atoms with Crippen molar-refractivity contribution < 1.29 is 19.0 Å². The summed E-state index contributed by atoms with van der Waals surface area (Å²) in [4.78, 5) is 12.2. The van der Waals surface area contributed by atoms with Gasteiger partial charge in [0.05, 0.1) is 25.8 Å². The number of nitrogens with zero attached hydrogens (tertiary/aromatic N) is 1. The summed E-state index contributed by atoms with van der Waals surface area (Å²) < 4.78 is 16.3. The lowest BCUT2D eigenvalue weighted by molar-refractivity contribution is -0.136. The molecule has 25 heavy (non-hydrogen) atoms. The third-order valence-electron chi connectivity index (χ3n) is 3.56. The highest BCUT2D eigenvalue weighted by atomic mass is 79.9. The fourth-order valence-electron chi connectivity index (χ4n) is 2.46. The van der Waals surface area contributed by atoms with Gasteiger partial charge in [-0.1, -0.05) is 15.9 Å². The zero-order valence-electron chi connectivity index (χ0n) is 13.8. The molecular weight excluding hydrogens is 410 g/mol. The summed E-state index contributed by atoms with van der Waals surface area (Å²) in [7, 11) is 2.82. The highest BCUT2D eigenvalue weighted by Crippen LogP contribution is 2.39. The summed E-state index contributed by atoms with van der Waals surface area (Å²) in [5.74, 6) is 0.374. The number of ether oxygens (including phenoxy) is 3. The van der Waals surface area contributed by atoms with E-state index >= 15 is 0 Å². The lowest BCUT2D eigenvalue weighted by Crippen LogP contribution is -2.45. The fraction of sp³-hybridized carbons (Fsp3) is 0.312. The first-order valence-corrected chi connectivity index (χ1v) is 8.36. The van der Waals surface area contributed by atoms with Gasteiger partial charge in [0.25, 0.3) is 0 Å². The second kappa shape index (κ2) is 8.18. The number of benzene rings is 1. The average molecular weight is 426 g/mol. The molecule has 0 saturated heterocycles. The second-order valence-corrected chi connectivity index (χ2v) is 6.30. The maximum Gasteiger partial charge on any atom is 0.337 e. The molecule has 132 valence electrons. The van der Waals surface area contributed by atoms with Crippen LogP contribution in [0.1, 0.15) is 18.5 Å². The number of hydrogen-bond donors (Lipinski definition) is 2. The molecule has 1 aromatic rings. The van der Waals surface area contributed by atoms with Crippen LogP contribution in [-0.4, -0.2) is 31.9 Å². The van der Waals surface area contributed by atoms with E-state index in [1.54, 1.807) is 19.1 Å². The van der Waals surface area contributed by atoms with Gasteiger partial charge in [0.1, 0.15) is 6.07 Å². The Balaban J connectivity index is 2.55. The first-order chi connectivity index (χ1) is 11.9. The van der Waals surface area contributed by atoms with Crippen molar-refractivity contribution >= 4 is 39.2 Å². The van der Waals surface area contributed by atoms with Crippen LogP contribution in [0.5, 0.6) is 11.5 Å². The molecule has 0 amide bonds. The van der Waals surface area contributed by atoms with Crippen molar-refractivity contribution in [2.75, 3.05) is 20.8 Å². The van der Waals surface area contributed by atoms with Crippen molar-refractivity contribution in [3.8, 4) is 17.6 Å². The number of nitriles is 1. The van der Waals surface area contributed by atoms with Crippen LogP contribution in [0.15, 0.2) is 27.9 Å². The smallest absolute Gasteiger partial charge is 0.337 e. The number of hydrogen-bond acceptors (Lipinski definition) is 6. The van der Waals surface area contributed by atoms with Crippen LogP contribution in [0.25, 0.3) is 0 Å². The van der Waals surface area contributed by atoms with Crippen LogP contribution in [0, 0.1) is 11.3 Å². The largest absolute Gasteiger partial charge is 0.493 e. The standard InChI is InChI=1S/C16H16BrN3O4S/c1-8-13(15(21)23-3)14(20-16(25)19-8)9-6-11(22-2)12(7-10(9)17)24-5-4-18/h6-7,14H,5H2,1-3H3,(H2,19,20,25)/t14-/m0/s1. The van der Waals surface area contributed by atoms with Crippen LogP contribution in [0.4, 0.5) is 0 Å². The van der Waals surface area contributed by atoms with E-state index in [2.05, 4.69) is 26.6 Å². The van der Waals surface area contributed by atoms with E-state index in [-0.39, 0.29) is 6.61 Å². The molecule has 1 atom stereocenters. The van der Waals surface area contributed by atoms with E-state index in [0.29, 0.717) is 37.9 Å². The quantitative estimate of drug-likeness (QED) is 0.548. The summed E-state index contributed by atoms with van der Waals surface area (Å²) in [5.41, 5.74) is 1.73. The Morgan fingerprint density at radius 2 is 2.12 bits per heavy atom. The highest BCUT2D eigenvalue weighted by molar-refractivity contribution is 9.10. The van der Waals surface area contributed by atoms with Gasteiger partial charge in [-0.25, -0.2) is 4.79 Å². The Labute approximate surface area is 159 Å². The topological polar surface area (TPSA) is 92.6 Å². The van der Waals surface area contributed by atoms with Crippen LogP contribution in [0.2, 0.25) is 0 Å². The van der Waals surface area contributed by atoms with E-state index in [4.69, 9.17) is 31.7 Å². The zero-order chi connectivity index (χ0) is 18.6. The van der Waals surface area contributed by atoms with E-state index in [9.17, 15) is 4.79 Å². The van der Waals surface area contributed by atoms with Gasteiger partial charge in [-0.05, 0) is 36.8 Å². The molecule has 0 aliphatic carbocycles. The Kier molecular flexibility index (Phi) is 6.22. The van der Waals surface area contributed by atoms with Crippen molar-refractivity contribution in [2.45, 2.75) is 13.0 Å². The molecule has 1 aromatic carbocycles. The molecule has 0 bridgehead atoms. The number of carbonyl (C=O) groups excluding carboxylic acids is 1. The van der Waals surface area contributed by atoms with Crippen LogP contribution < -0.4 is 20.1 Å². The molecule has 0 saturated carbocycles. The number of rotatable bonds is 5. The molecule has 7 nitrogen and oxygen atoms in total. The van der Waals surface area contributed by atoms with Gasteiger partial charge in [-0.15, -0.1) is 0 Å². The van der Waals surface area contributed by atoms with Crippen LogP contribution >= 0.6 is 28.1 Å². The average Bonchev–Trinajstić information content (AvgIpc) is 2.58. The Morgan fingerprint density at radius 1 is 1.40 bits per heavy atom. The van der Waals surface area contributed by atoms with Gasteiger partial charge < -0.3 is 24.8 Å². The molecule has 1 aliphatic rings. The molecule has 0 fully saturated rings.